The molecule has 3 aromatic heterocycles. The molecule has 2 aliphatic heterocycles. The summed E-state index contributed by atoms with van der Waals surface area (Å²) < 4.78 is 76.2. The Morgan fingerprint density at radius 1 is 1.12 bits per heavy atom. The van der Waals surface area contributed by atoms with E-state index >= 15 is 8.78 Å². The lowest BCUT2D eigenvalue weighted by molar-refractivity contribution is 0.00165. The normalized spacial score (nSPS) is 18.7. The van der Waals surface area contributed by atoms with E-state index in [1.165, 1.54) is 24.3 Å². The van der Waals surface area contributed by atoms with Gasteiger partial charge in [0.2, 0.25) is 0 Å². The summed E-state index contributed by atoms with van der Waals surface area (Å²) >= 11 is 0.783. The molecule has 4 aromatic rings. The van der Waals surface area contributed by atoms with Crippen LogP contribution < -0.4 is 15.0 Å². The first-order valence-electron chi connectivity index (χ1n) is 16.2. The van der Waals surface area contributed by atoms with Crippen LogP contribution in [0.2, 0.25) is 0 Å². The smallest absolute Gasteiger partial charge is 0.412 e. The minimum Gasteiger partial charge on any atom is -0.467 e. The van der Waals surface area contributed by atoms with Crippen molar-refractivity contribution in [3.63, 3.8) is 0 Å². The highest BCUT2D eigenvalue weighted by atomic mass is 32.1. The van der Waals surface area contributed by atoms with Gasteiger partial charge in [-0.2, -0.15) is 24.0 Å². The van der Waals surface area contributed by atoms with Gasteiger partial charge in [0.05, 0.1) is 34.3 Å². The second-order valence-electron chi connectivity index (χ2n) is 14.5. The van der Waals surface area contributed by atoms with E-state index in [4.69, 9.17) is 14.2 Å². The predicted molar refractivity (Wildman–Crippen MR) is 186 cm³/mol. The molecule has 0 saturated carbocycles. The highest BCUT2D eigenvalue weighted by Gasteiger charge is 2.54. The molecular weight excluding hydrogens is 706 g/mol. The zero-order chi connectivity index (χ0) is 37.9. The maximum atomic E-state index is 16.8. The van der Waals surface area contributed by atoms with Crippen LogP contribution in [0.3, 0.4) is 0 Å². The fourth-order valence-electron chi connectivity index (χ4n) is 6.70. The summed E-state index contributed by atoms with van der Waals surface area (Å²) in [6.45, 7) is 10.1. The summed E-state index contributed by atoms with van der Waals surface area (Å²) in [7, 11) is 1.28. The van der Waals surface area contributed by atoms with E-state index in [0.29, 0.717) is 6.42 Å². The Hall–Kier alpha value is -5.24. The molecule has 274 valence electrons. The van der Waals surface area contributed by atoms with Gasteiger partial charge in [-0.15, -0.1) is 11.3 Å². The van der Waals surface area contributed by atoms with E-state index in [-0.39, 0.29) is 74.1 Å². The van der Waals surface area contributed by atoms with Gasteiger partial charge in [-0.1, -0.05) is 0 Å². The van der Waals surface area contributed by atoms with Gasteiger partial charge in [0.15, 0.2) is 5.82 Å². The monoisotopic (exact) mass is 741 g/mol. The molecular formula is C35H35F4N7O5S. The number of fused-ring (bicyclic) bond motifs is 4. The molecule has 1 N–H and O–H groups in total. The molecule has 0 spiro atoms. The summed E-state index contributed by atoms with van der Waals surface area (Å²) in [4.78, 5) is 42.0. The van der Waals surface area contributed by atoms with E-state index in [1.807, 2.05) is 6.07 Å². The van der Waals surface area contributed by atoms with Crippen LogP contribution in [0.5, 0.6) is 6.01 Å². The molecule has 2 bridgehead atoms. The lowest BCUT2D eigenvalue weighted by Crippen LogP contribution is -2.63. The van der Waals surface area contributed by atoms with Crippen molar-refractivity contribution in [2.45, 2.75) is 77.2 Å². The number of aromatic nitrogens is 3. The zero-order valence-electron chi connectivity index (χ0n) is 29.4. The molecule has 0 aliphatic carbocycles. The number of rotatable bonds is 5. The van der Waals surface area contributed by atoms with E-state index in [9.17, 15) is 23.6 Å². The summed E-state index contributed by atoms with van der Waals surface area (Å²) in [5.74, 6) is -1.53. The van der Waals surface area contributed by atoms with E-state index in [1.54, 1.807) is 46.4 Å². The topological polar surface area (TPSA) is 143 Å². The van der Waals surface area contributed by atoms with Crippen LogP contribution in [0.1, 0.15) is 59.9 Å². The third-order valence-corrected chi connectivity index (χ3v) is 9.63. The average molecular weight is 742 g/mol. The van der Waals surface area contributed by atoms with Crippen LogP contribution in [0.15, 0.2) is 30.5 Å². The number of hydrogen-bond acceptors (Lipinski definition) is 11. The maximum Gasteiger partial charge on any atom is 0.412 e. The van der Waals surface area contributed by atoms with Crippen molar-refractivity contribution < 1.29 is 41.4 Å². The number of piperazine rings is 1. The summed E-state index contributed by atoms with van der Waals surface area (Å²) in [6.07, 6.45) is -0.904. The first kappa shape index (κ1) is 36.5. The van der Waals surface area contributed by atoms with Crippen LogP contribution in [0.4, 0.5) is 38.0 Å². The molecule has 6 rings (SSSR count). The standard InChI is InChI=1S/C35H35F4N7O5S/c1-33(2,3)50-31(47)44-29-19(13-40)23-18(8-9-21(36)27(23)52-29)25-24(39)26-20(14-41-25)28(43-30(42-26)49-7)45-15-17-10-11-35(16-45,12-22(37)38)46(17)32(48)51-34(4,5)6/h8-9,12,14,17H,10-11,15-16H2,1-7H3,(H,44,47). The van der Waals surface area contributed by atoms with Gasteiger partial charge >= 0.3 is 18.2 Å². The van der Waals surface area contributed by atoms with Crippen molar-refractivity contribution in [2.24, 2.45) is 0 Å². The van der Waals surface area contributed by atoms with Crippen molar-refractivity contribution in [1.29, 1.82) is 5.26 Å². The van der Waals surface area contributed by atoms with Gasteiger partial charge in [-0.3, -0.25) is 15.2 Å². The third-order valence-electron chi connectivity index (χ3n) is 8.52. The molecule has 2 amide bonds. The number of carbonyl (C=O) groups excluding carboxylic acids is 2. The Labute approximate surface area is 300 Å². The van der Waals surface area contributed by atoms with E-state index < -0.39 is 52.7 Å². The Bertz CT molecular complexity index is 2190. The highest BCUT2D eigenvalue weighted by Crippen LogP contribution is 2.46. The van der Waals surface area contributed by atoms with Crippen molar-refractivity contribution in [3.8, 4) is 23.3 Å². The fraction of sp³-hybridized carbons (Fsp3) is 0.429. The van der Waals surface area contributed by atoms with Gasteiger partial charge in [0.25, 0.3) is 6.08 Å². The van der Waals surface area contributed by atoms with E-state index in [2.05, 4.69) is 20.3 Å². The Kier molecular flexibility index (Phi) is 9.18. The molecule has 0 radical (unpaired) electrons. The van der Waals surface area contributed by atoms with Crippen LogP contribution in [0.25, 0.3) is 32.2 Å². The maximum absolute atomic E-state index is 16.8. The number of ether oxygens (including phenoxy) is 3. The van der Waals surface area contributed by atoms with Gasteiger partial charge in [0, 0.05) is 36.3 Å². The SMILES string of the molecule is COc1nc(N2CC3CCC(C=C(F)F)(C2)N3C(=O)OC(C)(C)C)c2cnc(-c3ccc(F)c4sc(NC(=O)OC(C)(C)C)c(C#N)c34)c(F)c2n1. The summed E-state index contributed by atoms with van der Waals surface area (Å²) in [5, 5.41) is 12.8. The number of thiophene rings is 1. The van der Waals surface area contributed by atoms with Crippen LogP contribution >= 0.6 is 11.3 Å². The number of methoxy groups -OCH3 is 1. The number of halogens is 4. The van der Waals surface area contributed by atoms with Crippen molar-refractivity contribution in [3.05, 3.63) is 47.7 Å². The van der Waals surface area contributed by atoms with Gasteiger partial charge in [-0.05, 0) is 66.5 Å². The minimum atomic E-state index is -1.97. The molecule has 2 atom stereocenters. The number of benzene rings is 1. The molecule has 2 fully saturated rings. The first-order valence-corrected chi connectivity index (χ1v) is 17.0. The summed E-state index contributed by atoms with van der Waals surface area (Å²) in [5.41, 5.74) is -3.78. The summed E-state index contributed by atoms with van der Waals surface area (Å²) in [6, 6.07) is 3.57. The van der Waals surface area contributed by atoms with Crippen molar-refractivity contribution in [1.82, 2.24) is 19.9 Å². The van der Waals surface area contributed by atoms with Gasteiger partial charge in [0.1, 0.15) is 45.1 Å². The number of anilines is 2. The molecule has 2 saturated heterocycles. The molecule has 5 heterocycles. The second kappa shape index (κ2) is 13.1. The Balaban J connectivity index is 1.46. The third kappa shape index (κ3) is 6.74. The van der Waals surface area contributed by atoms with Crippen LogP contribution in [-0.2, 0) is 9.47 Å². The van der Waals surface area contributed by atoms with Crippen LogP contribution in [0, 0.1) is 23.0 Å². The number of amides is 2. The predicted octanol–water partition coefficient (Wildman–Crippen LogP) is 8.15. The lowest BCUT2D eigenvalue weighted by Gasteiger charge is -2.47. The molecule has 2 unspecified atom stereocenters. The number of nitrogens with one attached hydrogen (secondary N) is 1. The molecule has 12 nitrogen and oxygen atoms in total. The quantitative estimate of drug-likeness (QED) is 0.199. The minimum absolute atomic E-state index is 0.00146. The Morgan fingerprint density at radius 3 is 2.46 bits per heavy atom. The molecule has 52 heavy (non-hydrogen) atoms. The zero-order valence-corrected chi connectivity index (χ0v) is 30.2. The second-order valence-corrected chi connectivity index (χ2v) is 15.5. The van der Waals surface area contributed by atoms with E-state index in [0.717, 1.165) is 23.5 Å². The van der Waals surface area contributed by atoms with Crippen molar-refractivity contribution in [2.75, 3.05) is 30.4 Å². The largest absolute Gasteiger partial charge is 0.467 e. The molecule has 1 aromatic carbocycles. The average Bonchev–Trinajstić information content (AvgIpc) is 3.51. The van der Waals surface area contributed by atoms with Gasteiger partial charge < -0.3 is 19.1 Å². The number of nitriles is 1. The first-order chi connectivity index (χ1) is 24.3. The molecule has 2 aliphatic rings. The van der Waals surface area contributed by atoms with Crippen molar-refractivity contribution >= 4 is 55.3 Å². The number of pyridine rings is 1. The fourth-order valence-corrected chi connectivity index (χ4v) is 7.77. The highest BCUT2D eigenvalue weighted by molar-refractivity contribution is 7.23. The number of carbonyl (C=O) groups is 2. The Morgan fingerprint density at radius 2 is 1.83 bits per heavy atom. The van der Waals surface area contributed by atoms with Gasteiger partial charge in [-0.25, -0.2) is 18.4 Å². The lowest BCUT2D eigenvalue weighted by atomic mass is 9.94. The number of nitrogens with zero attached hydrogens (tertiary/aromatic N) is 6. The molecule has 17 heteroatoms. The number of hydrogen-bond donors (Lipinski definition) is 1. The van der Waals surface area contributed by atoms with Crippen LogP contribution in [-0.4, -0.2) is 75.0 Å².